The first-order valence-electron chi connectivity index (χ1n) is 7.89. The van der Waals surface area contributed by atoms with Gasteiger partial charge < -0.3 is 14.9 Å². The minimum atomic E-state index is 0.290. The van der Waals surface area contributed by atoms with Crippen molar-refractivity contribution < 1.29 is 14.9 Å². The molecule has 3 rings (SSSR count). The average Bonchev–Trinajstić information content (AvgIpc) is 2.56. The van der Waals surface area contributed by atoms with Crippen molar-refractivity contribution in [2.24, 2.45) is 0 Å². The van der Waals surface area contributed by atoms with E-state index in [1.54, 1.807) is 24.3 Å². The molecule has 0 aromatic heterocycles. The fourth-order valence-electron chi connectivity index (χ4n) is 3.12. The lowest BCUT2D eigenvalue weighted by Crippen LogP contribution is -2.20. The molecule has 0 heterocycles. The van der Waals surface area contributed by atoms with Gasteiger partial charge in [-0.05, 0) is 67.0 Å². The van der Waals surface area contributed by atoms with Gasteiger partial charge in [-0.15, -0.1) is 0 Å². The Hall–Kier alpha value is -2.00. The van der Waals surface area contributed by atoms with Crippen LogP contribution in [0.4, 0.5) is 0 Å². The lowest BCUT2D eigenvalue weighted by Gasteiger charge is -2.29. The van der Waals surface area contributed by atoms with Crippen LogP contribution < -0.4 is 0 Å². The van der Waals surface area contributed by atoms with Crippen molar-refractivity contribution in [3.05, 3.63) is 59.7 Å². The molecule has 0 unspecified atom stereocenters. The monoisotopic (exact) mass is 298 g/mol. The number of aromatic hydroxyl groups is 2. The van der Waals surface area contributed by atoms with Gasteiger partial charge in [-0.3, -0.25) is 0 Å². The summed E-state index contributed by atoms with van der Waals surface area (Å²) < 4.78 is 5.99. The van der Waals surface area contributed by atoms with Gasteiger partial charge >= 0.3 is 0 Å². The van der Waals surface area contributed by atoms with Gasteiger partial charge in [0.05, 0.1) is 12.7 Å². The maximum atomic E-state index is 9.36. The van der Waals surface area contributed by atoms with Crippen LogP contribution in [-0.2, 0) is 11.3 Å². The number of hydrogen-bond donors (Lipinski definition) is 2. The largest absolute Gasteiger partial charge is 0.508 e. The number of ether oxygens (including phenoxy) is 1. The first kappa shape index (κ1) is 14.9. The lowest BCUT2D eigenvalue weighted by atomic mass is 9.83. The Balaban J connectivity index is 1.47. The number of phenols is 2. The Morgan fingerprint density at radius 1 is 0.773 bits per heavy atom. The summed E-state index contributed by atoms with van der Waals surface area (Å²) in [5.74, 6) is 1.20. The Kier molecular flexibility index (Phi) is 4.64. The quantitative estimate of drug-likeness (QED) is 0.882. The molecule has 0 radical (unpaired) electrons. The molecule has 2 N–H and O–H groups in total. The summed E-state index contributed by atoms with van der Waals surface area (Å²) in [4.78, 5) is 0. The van der Waals surface area contributed by atoms with E-state index in [0.717, 1.165) is 31.2 Å². The van der Waals surface area contributed by atoms with E-state index >= 15 is 0 Å². The summed E-state index contributed by atoms with van der Waals surface area (Å²) in [6.07, 6.45) is 4.73. The molecule has 3 heteroatoms. The van der Waals surface area contributed by atoms with Gasteiger partial charge in [-0.25, -0.2) is 0 Å². The zero-order chi connectivity index (χ0) is 15.4. The second kappa shape index (κ2) is 6.84. The molecular weight excluding hydrogens is 276 g/mol. The third-order valence-electron chi connectivity index (χ3n) is 4.46. The number of benzene rings is 2. The van der Waals surface area contributed by atoms with Crippen molar-refractivity contribution in [2.45, 2.75) is 44.3 Å². The fourth-order valence-corrected chi connectivity index (χ4v) is 3.12. The minimum absolute atomic E-state index is 0.290. The maximum absolute atomic E-state index is 9.36. The molecule has 3 nitrogen and oxygen atoms in total. The van der Waals surface area contributed by atoms with Gasteiger partial charge in [0.2, 0.25) is 0 Å². The second-order valence-electron chi connectivity index (χ2n) is 6.04. The molecule has 22 heavy (non-hydrogen) atoms. The SMILES string of the molecule is Oc1ccc(CO[C@H]2CC[C@H](c3ccc(O)cc3)CC2)cc1. The van der Waals surface area contributed by atoms with E-state index < -0.39 is 0 Å². The maximum Gasteiger partial charge on any atom is 0.115 e. The molecule has 116 valence electrons. The van der Waals surface area contributed by atoms with Crippen molar-refractivity contribution in [3.8, 4) is 11.5 Å². The highest BCUT2D eigenvalue weighted by molar-refractivity contribution is 5.28. The van der Waals surface area contributed by atoms with Gasteiger partial charge in [0.1, 0.15) is 11.5 Å². The third-order valence-corrected chi connectivity index (χ3v) is 4.46. The summed E-state index contributed by atoms with van der Waals surface area (Å²) in [5.41, 5.74) is 2.41. The molecule has 2 aromatic rings. The summed E-state index contributed by atoms with van der Waals surface area (Å²) in [5, 5.41) is 18.6. The van der Waals surface area contributed by atoms with E-state index in [4.69, 9.17) is 4.74 Å². The Labute approximate surface area is 131 Å². The topological polar surface area (TPSA) is 49.7 Å². The van der Waals surface area contributed by atoms with Crippen LogP contribution in [0.25, 0.3) is 0 Å². The van der Waals surface area contributed by atoms with Crippen molar-refractivity contribution in [3.63, 3.8) is 0 Å². The molecule has 1 saturated carbocycles. The van der Waals surface area contributed by atoms with Crippen LogP contribution >= 0.6 is 0 Å². The Morgan fingerprint density at radius 3 is 1.91 bits per heavy atom. The summed E-state index contributed by atoms with van der Waals surface area (Å²) in [6.45, 7) is 0.606. The van der Waals surface area contributed by atoms with E-state index in [2.05, 4.69) is 0 Å². The zero-order valence-electron chi connectivity index (χ0n) is 12.6. The normalized spacial score (nSPS) is 21.6. The van der Waals surface area contributed by atoms with Crippen LogP contribution in [0.1, 0.15) is 42.7 Å². The van der Waals surface area contributed by atoms with Gasteiger partial charge in [-0.2, -0.15) is 0 Å². The Morgan fingerprint density at radius 2 is 1.32 bits per heavy atom. The molecule has 1 aliphatic rings. The highest BCUT2D eigenvalue weighted by Crippen LogP contribution is 2.34. The van der Waals surface area contributed by atoms with Crippen molar-refractivity contribution in [1.29, 1.82) is 0 Å². The first-order chi connectivity index (χ1) is 10.7. The number of rotatable bonds is 4. The van der Waals surface area contributed by atoms with Crippen LogP contribution in [0.3, 0.4) is 0 Å². The molecule has 1 fully saturated rings. The number of phenolic OH excluding ortho intramolecular Hbond substituents is 2. The van der Waals surface area contributed by atoms with Crippen LogP contribution in [0, 0.1) is 0 Å². The zero-order valence-corrected chi connectivity index (χ0v) is 12.6. The van der Waals surface area contributed by atoms with Crippen LogP contribution in [-0.4, -0.2) is 16.3 Å². The first-order valence-corrected chi connectivity index (χ1v) is 7.89. The standard InChI is InChI=1S/C19H22O3/c20-17-7-1-14(2-8-17)13-22-19-11-5-16(6-12-19)15-3-9-18(21)10-4-15/h1-4,7-10,16,19-21H,5-6,11-13H2/t16-,19-. The van der Waals surface area contributed by atoms with Gasteiger partial charge in [0.15, 0.2) is 0 Å². The third kappa shape index (κ3) is 3.80. The summed E-state index contributed by atoms with van der Waals surface area (Å²) in [7, 11) is 0. The highest BCUT2D eigenvalue weighted by Gasteiger charge is 2.22. The van der Waals surface area contributed by atoms with E-state index in [-0.39, 0.29) is 5.75 Å². The predicted molar refractivity (Wildman–Crippen MR) is 86.0 cm³/mol. The predicted octanol–water partition coefficient (Wildman–Crippen LogP) is 4.34. The molecule has 0 atom stereocenters. The van der Waals surface area contributed by atoms with Gasteiger partial charge in [0, 0.05) is 0 Å². The fraction of sp³-hybridized carbons (Fsp3) is 0.368. The van der Waals surface area contributed by atoms with Crippen molar-refractivity contribution >= 4 is 0 Å². The van der Waals surface area contributed by atoms with Crippen molar-refractivity contribution in [2.75, 3.05) is 0 Å². The molecule has 2 aromatic carbocycles. The summed E-state index contributed by atoms with van der Waals surface area (Å²) >= 11 is 0. The summed E-state index contributed by atoms with van der Waals surface area (Å²) in [6, 6.07) is 14.8. The van der Waals surface area contributed by atoms with Gasteiger partial charge in [0.25, 0.3) is 0 Å². The molecule has 0 amide bonds. The van der Waals surface area contributed by atoms with E-state index in [1.165, 1.54) is 5.56 Å². The van der Waals surface area contributed by atoms with E-state index in [9.17, 15) is 10.2 Å². The Bertz CT molecular complexity index is 581. The van der Waals surface area contributed by atoms with Crippen LogP contribution in [0.5, 0.6) is 11.5 Å². The van der Waals surface area contributed by atoms with Crippen molar-refractivity contribution in [1.82, 2.24) is 0 Å². The molecule has 0 saturated heterocycles. The lowest BCUT2D eigenvalue weighted by molar-refractivity contribution is 0.0133. The number of hydrogen-bond acceptors (Lipinski definition) is 3. The molecule has 1 aliphatic carbocycles. The van der Waals surface area contributed by atoms with Gasteiger partial charge in [-0.1, -0.05) is 24.3 Å². The molecular formula is C19H22O3. The molecule has 0 bridgehead atoms. The average molecular weight is 298 g/mol. The van der Waals surface area contributed by atoms with Crippen LogP contribution in [0.2, 0.25) is 0 Å². The minimum Gasteiger partial charge on any atom is -0.508 e. The molecule has 0 aliphatic heterocycles. The highest BCUT2D eigenvalue weighted by atomic mass is 16.5. The molecule has 0 spiro atoms. The smallest absolute Gasteiger partial charge is 0.115 e. The van der Waals surface area contributed by atoms with Crippen LogP contribution in [0.15, 0.2) is 48.5 Å². The van der Waals surface area contributed by atoms with E-state index in [0.29, 0.717) is 24.4 Å². The second-order valence-corrected chi connectivity index (χ2v) is 6.04. The van der Waals surface area contributed by atoms with E-state index in [1.807, 2.05) is 24.3 Å².